The number of H-pyrrole nitrogens is 1. The zero-order valence-electron chi connectivity index (χ0n) is 18.5. The highest BCUT2D eigenvalue weighted by Gasteiger charge is 2.31. The molecule has 164 valence electrons. The van der Waals surface area contributed by atoms with Crippen molar-refractivity contribution >= 4 is 22.8 Å². The van der Waals surface area contributed by atoms with Gasteiger partial charge in [-0.15, -0.1) is 0 Å². The SMILES string of the molecule is CCC(CCC1(C)CCN(c2ccc(-c3nc4ccccc4[nH]3)cn2)CC1)CC(=O)O. The summed E-state index contributed by atoms with van der Waals surface area (Å²) in [7, 11) is 0. The van der Waals surface area contributed by atoms with E-state index in [-0.39, 0.29) is 5.41 Å². The normalized spacial score (nSPS) is 17.0. The smallest absolute Gasteiger partial charge is 0.303 e. The number of rotatable bonds is 8. The molecule has 6 nitrogen and oxygen atoms in total. The number of pyridine rings is 1. The minimum atomic E-state index is -0.677. The molecule has 2 aromatic heterocycles. The van der Waals surface area contributed by atoms with Gasteiger partial charge in [0.15, 0.2) is 0 Å². The number of aromatic amines is 1. The first-order chi connectivity index (χ1) is 15.0. The van der Waals surface area contributed by atoms with Gasteiger partial charge in [-0.1, -0.05) is 32.4 Å². The number of fused-ring (bicyclic) bond motifs is 1. The maximum atomic E-state index is 11.0. The van der Waals surface area contributed by atoms with Gasteiger partial charge in [0, 0.05) is 31.3 Å². The number of hydrogen-bond donors (Lipinski definition) is 2. The van der Waals surface area contributed by atoms with Crippen molar-refractivity contribution in [3.8, 4) is 11.4 Å². The summed E-state index contributed by atoms with van der Waals surface area (Å²) in [5.74, 6) is 1.47. The highest BCUT2D eigenvalue weighted by atomic mass is 16.4. The van der Waals surface area contributed by atoms with E-state index in [1.807, 2.05) is 30.5 Å². The Kier molecular flexibility index (Phi) is 6.25. The molecular weight excluding hydrogens is 388 g/mol. The van der Waals surface area contributed by atoms with Crippen molar-refractivity contribution in [3.63, 3.8) is 0 Å². The summed E-state index contributed by atoms with van der Waals surface area (Å²) in [4.78, 5) is 26.1. The van der Waals surface area contributed by atoms with Crippen LogP contribution in [0.25, 0.3) is 22.4 Å². The Labute approximate surface area is 183 Å². The van der Waals surface area contributed by atoms with E-state index in [1.165, 1.54) is 0 Å². The highest BCUT2D eigenvalue weighted by Crippen LogP contribution is 2.38. The summed E-state index contributed by atoms with van der Waals surface area (Å²) in [6.45, 7) is 6.43. The second kappa shape index (κ2) is 9.08. The predicted octanol–water partition coefficient (Wildman–Crippen LogP) is 5.51. The Morgan fingerprint density at radius 1 is 1.23 bits per heavy atom. The number of carbonyl (C=O) groups is 1. The van der Waals surface area contributed by atoms with Gasteiger partial charge in [0.25, 0.3) is 0 Å². The Balaban J connectivity index is 1.34. The molecule has 3 aromatic rings. The van der Waals surface area contributed by atoms with Gasteiger partial charge in [-0.3, -0.25) is 4.79 Å². The van der Waals surface area contributed by atoms with Gasteiger partial charge >= 0.3 is 5.97 Å². The van der Waals surface area contributed by atoms with Crippen LogP contribution in [0.4, 0.5) is 5.82 Å². The number of piperidine rings is 1. The number of anilines is 1. The molecule has 1 aromatic carbocycles. The molecule has 4 rings (SSSR count). The Hall–Kier alpha value is -2.89. The largest absolute Gasteiger partial charge is 0.481 e. The van der Waals surface area contributed by atoms with Crippen molar-refractivity contribution in [3.05, 3.63) is 42.6 Å². The lowest BCUT2D eigenvalue weighted by atomic mass is 9.74. The number of nitrogens with zero attached hydrogens (tertiary/aromatic N) is 3. The van der Waals surface area contributed by atoms with Gasteiger partial charge in [0.05, 0.1) is 11.0 Å². The molecule has 0 radical (unpaired) electrons. The number of aliphatic carboxylic acids is 1. The fourth-order valence-electron chi connectivity index (χ4n) is 4.58. The molecule has 1 aliphatic heterocycles. The van der Waals surface area contributed by atoms with Crippen LogP contribution in [-0.4, -0.2) is 39.1 Å². The van der Waals surface area contributed by atoms with Gasteiger partial charge in [0.2, 0.25) is 0 Å². The standard InChI is InChI=1S/C25H32N4O2/c1-3-18(16-23(30)31)10-11-25(2)12-14-29(15-13-25)22-9-8-19(17-26-22)24-27-20-6-4-5-7-21(20)28-24/h4-9,17-18H,3,10-16H2,1-2H3,(H,27,28)(H,30,31). The minimum Gasteiger partial charge on any atom is -0.481 e. The van der Waals surface area contributed by atoms with Crippen LogP contribution < -0.4 is 4.90 Å². The topological polar surface area (TPSA) is 82.1 Å². The van der Waals surface area contributed by atoms with Crippen molar-refractivity contribution in [2.45, 2.75) is 52.4 Å². The van der Waals surface area contributed by atoms with Gasteiger partial charge in [0.1, 0.15) is 11.6 Å². The van der Waals surface area contributed by atoms with Crippen molar-refractivity contribution < 1.29 is 9.90 Å². The molecule has 0 saturated carbocycles. The lowest BCUT2D eigenvalue weighted by Gasteiger charge is -2.40. The summed E-state index contributed by atoms with van der Waals surface area (Å²) >= 11 is 0. The van der Waals surface area contributed by atoms with Crippen LogP contribution in [0, 0.1) is 11.3 Å². The van der Waals surface area contributed by atoms with Crippen molar-refractivity contribution in [2.75, 3.05) is 18.0 Å². The average Bonchev–Trinajstić information content (AvgIpc) is 3.21. The number of hydrogen-bond acceptors (Lipinski definition) is 4. The second-order valence-corrected chi connectivity index (χ2v) is 9.22. The fourth-order valence-corrected chi connectivity index (χ4v) is 4.58. The number of nitrogens with one attached hydrogen (secondary N) is 1. The Morgan fingerprint density at radius 2 is 2.00 bits per heavy atom. The van der Waals surface area contributed by atoms with Gasteiger partial charge < -0.3 is 15.0 Å². The quantitative estimate of drug-likeness (QED) is 0.502. The van der Waals surface area contributed by atoms with E-state index in [9.17, 15) is 4.79 Å². The van der Waals surface area contributed by atoms with Crippen LogP contribution in [0.5, 0.6) is 0 Å². The maximum Gasteiger partial charge on any atom is 0.303 e. The van der Waals surface area contributed by atoms with E-state index in [2.05, 4.69) is 40.8 Å². The molecule has 0 aliphatic carbocycles. The molecule has 2 N–H and O–H groups in total. The molecule has 1 saturated heterocycles. The van der Waals surface area contributed by atoms with Gasteiger partial charge in [-0.05, 0) is 61.3 Å². The number of carboxylic acids is 1. The first kappa shape index (κ1) is 21.3. The van der Waals surface area contributed by atoms with Crippen LogP contribution in [0.2, 0.25) is 0 Å². The predicted molar refractivity (Wildman–Crippen MR) is 124 cm³/mol. The molecule has 31 heavy (non-hydrogen) atoms. The van der Waals surface area contributed by atoms with Crippen molar-refractivity contribution in [2.24, 2.45) is 11.3 Å². The molecule has 1 aliphatic rings. The molecule has 0 spiro atoms. The molecule has 1 fully saturated rings. The molecule has 1 atom stereocenters. The molecule has 1 unspecified atom stereocenters. The molecule has 3 heterocycles. The number of para-hydroxylation sites is 2. The Bertz CT molecular complexity index is 986. The first-order valence-electron chi connectivity index (χ1n) is 11.3. The number of carboxylic acid groups (broad SMARTS) is 1. The lowest BCUT2D eigenvalue weighted by Crippen LogP contribution is -2.39. The zero-order valence-corrected chi connectivity index (χ0v) is 18.5. The number of imidazole rings is 1. The summed E-state index contributed by atoms with van der Waals surface area (Å²) in [5.41, 5.74) is 3.28. The van der Waals surface area contributed by atoms with Crippen LogP contribution in [0.3, 0.4) is 0 Å². The summed E-state index contributed by atoms with van der Waals surface area (Å²) < 4.78 is 0. The monoisotopic (exact) mass is 420 g/mol. The van der Waals surface area contributed by atoms with E-state index < -0.39 is 5.97 Å². The van der Waals surface area contributed by atoms with Gasteiger partial charge in [-0.2, -0.15) is 0 Å². The second-order valence-electron chi connectivity index (χ2n) is 9.22. The van der Waals surface area contributed by atoms with E-state index in [1.54, 1.807) is 0 Å². The third-order valence-corrected chi connectivity index (χ3v) is 6.90. The average molecular weight is 421 g/mol. The van der Waals surface area contributed by atoms with Crippen LogP contribution in [0.1, 0.15) is 52.4 Å². The van der Waals surface area contributed by atoms with Crippen LogP contribution in [-0.2, 0) is 4.79 Å². The third kappa shape index (κ3) is 5.06. The highest BCUT2D eigenvalue weighted by molar-refractivity contribution is 5.79. The van der Waals surface area contributed by atoms with E-state index in [0.717, 1.165) is 73.4 Å². The fraction of sp³-hybridized carbons (Fsp3) is 0.480. The number of benzene rings is 1. The van der Waals surface area contributed by atoms with Crippen LogP contribution >= 0.6 is 0 Å². The maximum absolute atomic E-state index is 11.0. The lowest BCUT2D eigenvalue weighted by molar-refractivity contribution is -0.138. The first-order valence-corrected chi connectivity index (χ1v) is 11.3. The Morgan fingerprint density at radius 3 is 2.65 bits per heavy atom. The molecular formula is C25H32N4O2. The number of aromatic nitrogens is 3. The summed E-state index contributed by atoms with van der Waals surface area (Å²) in [6, 6.07) is 12.2. The van der Waals surface area contributed by atoms with Crippen molar-refractivity contribution in [1.29, 1.82) is 0 Å². The third-order valence-electron chi connectivity index (χ3n) is 6.90. The van der Waals surface area contributed by atoms with E-state index in [4.69, 9.17) is 10.1 Å². The molecule has 6 heteroatoms. The summed E-state index contributed by atoms with van der Waals surface area (Å²) in [5, 5.41) is 9.09. The van der Waals surface area contributed by atoms with Crippen LogP contribution in [0.15, 0.2) is 42.6 Å². The van der Waals surface area contributed by atoms with Gasteiger partial charge in [-0.25, -0.2) is 9.97 Å². The molecule has 0 amide bonds. The van der Waals surface area contributed by atoms with E-state index >= 15 is 0 Å². The van der Waals surface area contributed by atoms with E-state index in [0.29, 0.717) is 12.3 Å². The van der Waals surface area contributed by atoms with Crippen molar-refractivity contribution in [1.82, 2.24) is 15.0 Å². The minimum absolute atomic E-state index is 0.288. The summed E-state index contributed by atoms with van der Waals surface area (Å²) in [6.07, 6.45) is 7.47. The zero-order chi connectivity index (χ0) is 21.8. The molecule has 0 bridgehead atoms.